The van der Waals surface area contributed by atoms with Crippen molar-refractivity contribution >= 4 is 11.3 Å². The van der Waals surface area contributed by atoms with Gasteiger partial charge in [-0.15, -0.1) is 11.3 Å². The Hall–Kier alpha value is -1.63. The number of benzene rings is 1. The van der Waals surface area contributed by atoms with Crippen LogP contribution < -0.4 is 14.8 Å². The molecule has 0 bridgehead atoms. The summed E-state index contributed by atoms with van der Waals surface area (Å²) in [7, 11) is 0. The second-order valence-corrected chi connectivity index (χ2v) is 5.64. The minimum absolute atomic E-state index is 0.299. The molecule has 0 saturated heterocycles. The molecule has 1 aromatic heterocycles. The van der Waals surface area contributed by atoms with Crippen LogP contribution in [-0.4, -0.2) is 18.3 Å². The lowest BCUT2D eigenvalue weighted by Crippen LogP contribution is -2.11. The van der Waals surface area contributed by atoms with E-state index in [4.69, 9.17) is 14.2 Å². The summed E-state index contributed by atoms with van der Waals surface area (Å²) >= 11 is 1.66. The van der Waals surface area contributed by atoms with Crippen LogP contribution in [0.3, 0.4) is 0 Å². The minimum atomic E-state index is 0.299. The zero-order chi connectivity index (χ0) is 14.5. The Kier molecular flexibility index (Phi) is 4.69. The molecular weight excluding hydrogens is 288 g/mol. The molecule has 3 rings (SSSR count). The quantitative estimate of drug-likeness (QED) is 0.852. The van der Waals surface area contributed by atoms with Crippen molar-refractivity contribution in [2.45, 2.75) is 26.7 Å². The molecule has 2 heterocycles. The van der Waals surface area contributed by atoms with Crippen LogP contribution in [0.25, 0.3) is 0 Å². The van der Waals surface area contributed by atoms with Gasteiger partial charge in [-0.1, -0.05) is 13.0 Å². The highest BCUT2D eigenvalue weighted by Gasteiger charge is 2.13. The zero-order valence-electron chi connectivity index (χ0n) is 11.9. The average molecular weight is 306 g/mol. The molecule has 1 aliphatic rings. The summed E-state index contributed by atoms with van der Waals surface area (Å²) in [5.41, 5.74) is 2.05. The SMILES string of the molecule is CCNCc1nc(COCc2ccc3c(c2)OCO3)cs1. The number of thiazole rings is 1. The van der Waals surface area contributed by atoms with Crippen LogP contribution in [0.2, 0.25) is 0 Å². The molecule has 21 heavy (non-hydrogen) atoms. The van der Waals surface area contributed by atoms with Gasteiger partial charge in [0.25, 0.3) is 0 Å². The zero-order valence-corrected chi connectivity index (χ0v) is 12.7. The monoisotopic (exact) mass is 306 g/mol. The highest BCUT2D eigenvalue weighted by atomic mass is 32.1. The van der Waals surface area contributed by atoms with Crippen molar-refractivity contribution in [2.24, 2.45) is 0 Å². The molecule has 2 aromatic rings. The Labute approximate surface area is 127 Å². The Morgan fingerprint density at radius 3 is 3.10 bits per heavy atom. The third kappa shape index (κ3) is 3.72. The van der Waals surface area contributed by atoms with E-state index in [2.05, 4.69) is 17.2 Å². The molecule has 0 atom stereocenters. The van der Waals surface area contributed by atoms with E-state index in [9.17, 15) is 0 Å². The highest BCUT2D eigenvalue weighted by Crippen LogP contribution is 2.32. The standard InChI is InChI=1S/C15H18N2O3S/c1-2-16-6-15-17-12(9-21-15)8-18-7-11-3-4-13-14(5-11)20-10-19-13/h3-5,9,16H,2,6-8,10H2,1H3. The average Bonchev–Trinajstić information content (AvgIpc) is 3.13. The lowest BCUT2D eigenvalue weighted by atomic mass is 10.2. The van der Waals surface area contributed by atoms with Gasteiger partial charge in [-0.3, -0.25) is 0 Å². The van der Waals surface area contributed by atoms with E-state index in [1.165, 1.54) is 0 Å². The lowest BCUT2D eigenvalue weighted by Gasteiger charge is -2.04. The van der Waals surface area contributed by atoms with E-state index in [0.717, 1.165) is 40.9 Å². The fraction of sp³-hybridized carbons (Fsp3) is 0.400. The summed E-state index contributed by atoms with van der Waals surface area (Å²) < 4.78 is 16.3. The lowest BCUT2D eigenvalue weighted by molar-refractivity contribution is 0.104. The Morgan fingerprint density at radius 1 is 1.29 bits per heavy atom. The predicted molar refractivity (Wildman–Crippen MR) is 80.6 cm³/mol. The molecule has 1 aromatic carbocycles. The van der Waals surface area contributed by atoms with Crippen LogP contribution >= 0.6 is 11.3 Å². The van der Waals surface area contributed by atoms with Gasteiger partial charge in [0.1, 0.15) is 5.01 Å². The Bertz CT molecular complexity index is 600. The van der Waals surface area contributed by atoms with Gasteiger partial charge >= 0.3 is 0 Å². The number of hydrogen-bond donors (Lipinski definition) is 1. The maximum Gasteiger partial charge on any atom is 0.231 e. The van der Waals surface area contributed by atoms with Gasteiger partial charge in [0.15, 0.2) is 11.5 Å². The van der Waals surface area contributed by atoms with Crippen LogP contribution in [-0.2, 0) is 24.5 Å². The van der Waals surface area contributed by atoms with Crippen molar-refractivity contribution < 1.29 is 14.2 Å². The predicted octanol–water partition coefficient (Wildman–Crippen LogP) is 2.70. The summed E-state index contributed by atoms with van der Waals surface area (Å²) in [5, 5.41) is 6.41. The Morgan fingerprint density at radius 2 is 2.19 bits per heavy atom. The second kappa shape index (κ2) is 6.89. The fourth-order valence-electron chi connectivity index (χ4n) is 2.03. The number of fused-ring (bicyclic) bond motifs is 1. The van der Waals surface area contributed by atoms with Gasteiger partial charge in [-0.2, -0.15) is 0 Å². The molecular formula is C15H18N2O3S. The number of nitrogens with one attached hydrogen (secondary N) is 1. The van der Waals surface area contributed by atoms with Crippen molar-refractivity contribution in [3.05, 3.63) is 39.8 Å². The first-order valence-corrected chi connectivity index (χ1v) is 7.83. The van der Waals surface area contributed by atoms with Gasteiger partial charge in [0.2, 0.25) is 6.79 Å². The summed E-state index contributed by atoms with van der Waals surface area (Å²) in [5.74, 6) is 1.59. The van der Waals surface area contributed by atoms with Crippen molar-refractivity contribution in [1.82, 2.24) is 10.3 Å². The summed E-state index contributed by atoms with van der Waals surface area (Å²) in [6, 6.07) is 5.86. The first-order chi connectivity index (χ1) is 10.3. The van der Waals surface area contributed by atoms with E-state index in [-0.39, 0.29) is 0 Å². The first-order valence-electron chi connectivity index (χ1n) is 6.95. The molecule has 112 valence electrons. The van der Waals surface area contributed by atoms with Crippen LogP contribution in [0.4, 0.5) is 0 Å². The van der Waals surface area contributed by atoms with Crippen molar-refractivity contribution in [2.75, 3.05) is 13.3 Å². The first kappa shape index (κ1) is 14.3. The third-order valence-corrected chi connectivity index (χ3v) is 3.98. The maximum atomic E-state index is 5.71. The molecule has 6 heteroatoms. The maximum absolute atomic E-state index is 5.71. The van der Waals surface area contributed by atoms with E-state index >= 15 is 0 Å². The van der Waals surface area contributed by atoms with Gasteiger partial charge < -0.3 is 19.5 Å². The van der Waals surface area contributed by atoms with Crippen molar-refractivity contribution in [3.8, 4) is 11.5 Å². The molecule has 1 N–H and O–H groups in total. The third-order valence-electron chi connectivity index (χ3n) is 3.08. The number of aromatic nitrogens is 1. The molecule has 0 fully saturated rings. The molecule has 1 aliphatic heterocycles. The minimum Gasteiger partial charge on any atom is -0.454 e. The normalized spacial score (nSPS) is 12.8. The number of ether oxygens (including phenoxy) is 3. The topological polar surface area (TPSA) is 52.6 Å². The summed E-state index contributed by atoms with van der Waals surface area (Å²) in [4.78, 5) is 4.52. The van der Waals surface area contributed by atoms with Crippen LogP contribution in [0.5, 0.6) is 11.5 Å². The molecule has 0 aliphatic carbocycles. The smallest absolute Gasteiger partial charge is 0.231 e. The molecule has 0 spiro atoms. The largest absolute Gasteiger partial charge is 0.454 e. The van der Waals surface area contributed by atoms with E-state index < -0.39 is 0 Å². The molecule has 0 saturated carbocycles. The van der Waals surface area contributed by atoms with Crippen LogP contribution in [0.1, 0.15) is 23.2 Å². The number of hydrogen-bond acceptors (Lipinski definition) is 6. The molecule has 0 amide bonds. The Balaban J connectivity index is 1.48. The van der Waals surface area contributed by atoms with Gasteiger partial charge in [0.05, 0.1) is 18.9 Å². The van der Waals surface area contributed by atoms with E-state index in [1.54, 1.807) is 11.3 Å². The van der Waals surface area contributed by atoms with Crippen molar-refractivity contribution in [1.29, 1.82) is 0 Å². The van der Waals surface area contributed by atoms with Gasteiger partial charge in [0, 0.05) is 11.9 Å². The van der Waals surface area contributed by atoms with E-state index in [1.807, 2.05) is 23.6 Å². The van der Waals surface area contributed by atoms with Crippen LogP contribution in [0, 0.1) is 0 Å². The second-order valence-electron chi connectivity index (χ2n) is 4.69. The van der Waals surface area contributed by atoms with Crippen LogP contribution in [0.15, 0.2) is 23.6 Å². The van der Waals surface area contributed by atoms with Crippen molar-refractivity contribution in [3.63, 3.8) is 0 Å². The van der Waals surface area contributed by atoms with Gasteiger partial charge in [-0.05, 0) is 24.2 Å². The summed E-state index contributed by atoms with van der Waals surface area (Å²) in [6.45, 7) is 5.22. The number of rotatable bonds is 7. The molecule has 0 unspecified atom stereocenters. The van der Waals surface area contributed by atoms with E-state index in [0.29, 0.717) is 20.0 Å². The highest BCUT2D eigenvalue weighted by molar-refractivity contribution is 7.09. The number of nitrogens with zero attached hydrogens (tertiary/aromatic N) is 1. The molecule has 5 nitrogen and oxygen atoms in total. The molecule has 0 radical (unpaired) electrons. The van der Waals surface area contributed by atoms with Gasteiger partial charge in [-0.25, -0.2) is 4.98 Å². The summed E-state index contributed by atoms with van der Waals surface area (Å²) in [6.07, 6.45) is 0. The fourth-order valence-corrected chi connectivity index (χ4v) is 2.78.